The second-order valence-electron chi connectivity index (χ2n) is 4.06. The predicted octanol–water partition coefficient (Wildman–Crippen LogP) is 3.81. The molecule has 0 radical (unpaired) electrons. The van der Waals surface area contributed by atoms with Crippen molar-refractivity contribution in [2.24, 2.45) is 0 Å². The summed E-state index contributed by atoms with van der Waals surface area (Å²) in [6, 6.07) is 8.55. The van der Waals surface area contributed by atoms with Crippen LogP contribution >= 0.6 is 15.9 Å². The summed E-state index contributed by atoms with van der Waals surface area (Å²) >= 11 is 2.92. The number of nitro groups is 1. The number of benzene rings is 2. The van der Waals surface area contributed by atoms with Crippen LogP contribution < -0.4 is 5.32 Å². The standard InChI is InChI=1S/C13H10BrFN2O3/c14-10-5-13(17(19)20)12(6-11(10)15)16-7-8-1-3-9(18)4-2-8/h1-6,16,18H,7H2. The quantitative estimate of drug-likeness (QED) is 0.655. The molecule has 0 amide bonds. The third-order valence-corrected chi connectivity index (χ3v) is 3.26. The molecule has 104 valence electrons. The van der Waals surface area contributed by atoms with Crippen LogP contribution in [0.25, 0.3) is 0 Å². The predicted molar refractivity (Wildman–Crippen MR) is 76.2 cm³/mol. The van der Waals surface area contributed by atoms with Crippen molar-refractivity contribution in [3.8, 4) is 5.75 Å². The van der Waals surface area contributed by atoms with Gasteiger partial charge in [-0.05, 0) is 33.6 Å². The first-order valence-corrected chi connectivity index (χ1v) is 6.42. The van der Waals surface area contributed by atoms with E-state index in [0.717, 1.165) is 17.7 Å². The average Bonchev–Trinajstić information content (AvgIpc) is 2.41. The van der Waals surface area contributed by atoms with Gasteiger partial charge in [0.05, 0.1) is 9.40 Å². The van der Waals surface area contributed by atoms with Gasteiger partial charge >= 0.3 is 0 Å². The first-order chi connectivity index (χ1) is 9.47. The molecule has 2 aromatic carbocycles. The summed E-state index contributed by atoms with van der Waals surface area (Å²) in [7, 11) is 0. The normalized spacial score (nSPS) is 10.3. The van der Waals surface area contributed by atoms with Crippen molar-refractivity contribution in [3.63, 3.8) is 0 Å². The Balaban J connectivity index is 2.22. The van der Waals surface area contributed by atoms with Gasteiger partial charge < -0.3 is 10.4 Å². The number of phenols is 1. The van der Waals surface area contributed by atoms with E-state index in [1.807, 2.05) is 0 Å². The molecule has 0 aliphatic heterocycles. The Bertz CT molecular complexity index is 647. The molecule has 0 saturated carbocycles. The van der Waals surface area contributed by atoms with Crippen molar-refractivity contribution in [1.29, 1.82) is 0 Å². The molecule has 20 heavy (non-hydrogen) atoms. The number of anilines is 1. The zero-order chi connectivity index (χ0) is 14.7. The minimum absolute atomic E-state index is 0.0411. The third kappa shape index (κ3) is 3.24. The van der Waals surface area contributed by atoms with Gasteiger partial charge in [0.1, 0.15) is 17.3 Å². The Morgan fingerprint density at radius 3 is 2.55 bits per heavy atom. The molecule has 5 nitrogen and oxygen atoms in total. The monoisotopic (exact) mass is 340 g/mol. The lowest BCUT2D eigenvalue weighted by Crippen LogP contribution is -2.03. The highest BCUT2D eigenvalue weighted by Crippen LogP contribution is 2.30. The van der Waals surface area contributed by atoms with Gasteiger partial charge in [-0.2, -0.15) is 0 Å². The summed E-state index contributed by atoms with van der Waals surface area (Å²) in [6.07, 6.45) is 0. The van der Waals surface area contributed by atoms with Crippen LogP contribution in [0.4, 0.5) is 15.8 Å². The topological polar surface area (TPSA) is 75.4 Å². The molecule has 2 aromatic rings. The van der Waals surface area contributed by atoms with E-state index in [-0.39, 0.29) is 28.1 Å². The summed E-state index contributed by atoms with van der Waals surface area (Å²) in [4.78, 5) is 10.4. The smallest absolute Gasteiger partial charge is 0.293 e. The van der Waals surface area contributed by atoms with Crippen molar-refractivity contribution < 1.29 is 14.4 Å². The molecule has 7 heteroatoms. The second kappa shape index (κ2) is 5.87. The molecule has 0 saturated heterocycles. The van der Waals surface area contributed by atoms with Gasteiger partial charge in [0.25, 0.3) is 5.69 Å². The largest absolute Gasteiger partial charge is 0.508 e. The van der Waals surface area contributed by atoms with E-state index in [1.54, 1.807) is 12.1 Å². The van der Waals surface area contributed by atoms with Gasteiger partial charge in [-0.15, -0.1) is 0 Å². The highest BCUT2D eigenvalue weighted by molar-refractivity contribution is 9.10. The molecule has 0 atom stereocenters. The molecular formula is C13H10BrFN2O3. The lowest BCUT2D eigenvalue weighted by atomic mass is 10.2. The van der Waals surface area contributed by atoms with Gasteiger partial charge in [-0.3, -0.25) is 10.1 Å². The van der Waals surface area contributed by atoms with Gasteiger partial charge in [-0.1, -0.05) is 12.1 Å². The number of rotatable bonds is 4. The SMILES string of the molecule is O=[N+]([O-])c1cc(Br)c(F)cc1NCc1ccc(O)cc1. The Morgan fingerprint density at radius 2 is 1.95 bits per heavy atom. The Morgan fingerprint density at radius 1 is 1.30 bits per heavy atom. The number of phenolic OH excluding ortho intramolecular Hbond substituents is 1. The second-order valence-corrected chi connectivity index (χ2v) is 4.91. The van der Waals surface area contributed by atoms with Crippen LogP contribution in [0.2, 0.25) is 0 Å². The fourth-order valence-corrected chi connectivity index (χ4v) is 1.97. The lowest BCUT2D eigenvalue weighted by molar-refractivity contribution is -0.384. The fourth-order valence-electron chi connectivity index (χ4n) is 1.64. The van der Waals surface area contributed by atoms with Crippen LogP contribution in [-0.4, -0.2) is 10.0 Å². The number of hydrogen-bond acceptors (Lipinski definition) is 4. The Labute approximate surface area is 122 Å². The number of nitrogens with zero attached hydrogens (tertiary/aromatic N) is 1. The van der Waals surface area contributed by atoms with E-state index in [1.165, 1.54) is 12.1 Å². The number of hydrogen-bond donors (Lipinski definition) is 2. The summed E-state index contributed by atoms with van der Waals surface area (Å²) in [5, 5.41) is 22.9. The maximum absolute atomic E-state index is 13.5. The van der Waals surface area contributed by atoms with E-state index >= 15 is 0 Å². The molecule has 2 rings (SSSR count). The molecule has 0 bridgehead atoms. The van der Waals surface area contributed by atoms with Crippen LogP contribution in [0.15, 0.2) is 40.9 Å². The Hall–Kier alpha value is -2.15. The summed E-state index contributed by atoms with van der Waals surface area (Å²) in [5.41, 5.74) is 0.696. The van der Waals surface area contributed by atoms with E-state index in [4.69, 9.17) is 5.11 Å². The molecule has 0 unspecified atom stereocenters. The highest BCUT2D eigenvalue weighted by atomic mass is 79.9. The van der Waals surface area contributed by atoms with Crippen LogP contribution in [0.3, 0.4) is 0 Å². The summed E-state index contributed by atoms with van der Waals surface area (Å²) in [6.45, 7) is 0.280. The third-order valence-electron chi connectivity index (χ3n) is 2.65. The molecule has 0 aliphatic rings. The molecule has 0 spiro atoms. The van der Waals surface area contributed by atoms with E-state index in [0.29, 0.717) is 0 Å². The number of nitrogens with one attached hydrogen (secondary N) is 1. The molecule has 2 N–H and O–H groups in total. The zero-order valence-electron chi connectivity index (χ0n) is 10.1. The van der Waals surface area contributed by atoms with Crippen molar-refractivity contribution in [1.82, 2.24) is 0 Å². The lowest BCUT2D eigenvalue weighted by Gasteiger charge is -2.08. The zero-order valence-corrected chi connectivity index (χ0v) is 11.7. The maximum Gasteiger partial charge on any atom is 0.293 e. The van der Waals surface area contributed by atoms with Crippen LogP contribution in [0.1, 0.15) is 5.56 Å². The molecule has 0 heterocycles. The summed E-state index contributed by atoms with van der Waals surface area (Å²) in [5.74, 6) is -0.446. The first-order valence-electron chi connectivity index (χ1n) is 5.62. The number of aromatic hydroxyl groups is 1. The minimum Gasteiger partial charge on any atom is -0.508 e. The van der Waals surface area contributed by atoms with Crippen LogP contribution in [0, 0.1) is 15.9 Å². The van der Waals surface area contributed by atoms with E-state index < -0.39 is 10.7 Å². The van der Waals surface area contributed by atoms with Crippen molar-refractivity contribution in [2.75, 3.05) is 5.32 Å². The molecule has 0 aliphatic carbocycles. The Kier molecular flexibility index (Phi) is 4.19. The van der Waals surface area contributed by atoms with Crippen LogP contribution in [-0.2, 0) is 6.54 Å². The van der Waals surface area contributed by atoms with Gasteiger partial charge in [0.15, 0.2) is 0 Å². The van der Waals surface area contributed by atoms with Crippen molar-refractivity contribution >= 4 is 27.3 Å². The van der Waals surface area contributed by atoms with Gasteiger partial charge in [0, 0.05) is 18.7 Å². The maximum atomic E-state index is 13.5. The van der Waals surface area contributed by atoms with E-state index in [9.17, 15) is 14.5 Å². The average molecular weight is 341 g/mol. The molecule has 0 fully saturated rings. The van der Waals surface area contributed by atoms with Gasteiger partial charge in [0.2, 0.25) is 0 Å². The van der Waals surface area contributed by atoms with E-state index in [2.05, 4.69) is 21.2 Å². The number of halogens is 2. The molecular weight excluding hydrogens is 331 g/mol. The fraction of sp³-hybridized carbons (Fsp3) is 0.0769. The molecule has 0 aromatic heterocycles. The minimum atomic E-state index is -0.580. The van der Waals surface area contributed by atoms with Crippen LogP contribution in [0.5, 0.6) is 5.75 Å². The summed E-state index contributed by atoms with van der Waals surface area (Å²) < 4.78 is 13.5. The number of nitro benzene ring substituents is 1. The van der Waals surface area contributed by atoms with Crippen molar-refractivity contribution in [2.45, 2.75) is 6.54 Å². The first kappa shape index (κ1) is 14.3. The van der Waals surface area contributed by atoms with Crippen molar-refractivity contribution in [3.05, 3.63) is 62.4 Å². The highest BCUT2D eigenvalue weighted by Gasteiger charge is 2.17. The van der Waals surface area contributed by atoms with Gasteiger partial charge in [-0.25, -0.2) is 4.39 Å².